The molecule has 0 saturated carbocycles. The summed E-state index contributed by atoms with van der Waals surface area (Å²) in [6.07, 6.45) is 3.08. The van der Waals surface area contributed by atoms with E-state index >= 15 is 0 Å². The molecule has 2 aliphatic rings. The fourth-order valence-electron chi connectivity index (χ4n) is 4.20. The summed E-state index contributed by atoms with van der Waals surface area (Å²) in [6, 6.07) is 14.6. The van der Waals surface area contributed by atoms with E-state index in [-0.39, 0.29) is 23.6 Å². The van der Waals surface area contributed by atoms with E-state index in [1.54, 1.807) is 34.1 Å². The number of amides is 3. The number of piperidine rings is 1. The molecule has 0 radical (unpaired) electrons. The van der Waals surface area contributed by atoms with Gasteiger partial charge in [-0.15, -0.1) is 0 Å². The van der Waals surface area contributed by atoms with Crippen LogP contribution < -0.4 is 10.2 Å². The highest BCUT2D eigenvalue weighted by molar-refractivity contribution is 6.30. The minimum absolute atomic E-state index is 0.0348. The highest BCUT2D eigenvalue weighted by Gasteiger charge is 2.29. The van der Waals surface area contributed by atoms with Crippen LogP contribution in [-0.2, 0) is 16.1 Å². The van der Waals surface area contributed by atoms with Crippen molar-refractivity contribution >= 4 is 35.0 Å². The van der Waals surface area contributed by atoms with E-state index in [4.69, 9.17) is 11.6 Å². The number of carbonyl (C=O) groups is 3. The average molecular weight is 440 g/mol. The van der Waals surface area contributed by atoms with Gasteiger partial charge >= 0.3 is 0 Å². The molecule has 7 heteroatoms. The normalized spacial score (nSPS) is 18.9. The minimum Gasteiger partial charge on any atom is -0.352 e. The third kappa shape index (κ3) is 5.07. The fourth-order valence-corrected chi connectivity index (χ4v) is 4.33. The molecule has 1 atom stereocenters. The lowest BCUT2D eigenvalue weighted by molar-refractivity contribution is -0.126. The van der Waals surface area contributed by atoms with Crippen molar-refractivity contribution in [2.75, 3.05) is 24.5 Å². The molecule has 2 aromatic carbocycles. The Kier molecular flexibility index (Phi) is 6.56. The monoisotopic (exact) mass is 439 g/mol. The summed E-state index contributed by atoms with van der Waals surface area (Å²) in [5, 5.41) is 3.59. The maximum absolute atomic E-state index is 12.7. The number of hydrogen-bond donors (Lipinski definition) is 1. The maximum Gasteiger partial charge on any atom is 0.253 e. The molecule has 4 rings (SSSR count). The molecular weight excluding hydrogens is 414 g/mol. The summed E-state index contributed by atoms with van der Waals surface area (Å²) in [5.74, 6) is -0.156. The van der Waals surface area contributed by atoms with Crippen molar-refractivity contribution in [3.8, 4) is 0 Å². The number of halogens is 1. The van der Waals surface area contributed by atoms with Crippen LogP contribution in [0.25, 0.3) is 0 Å². The van der Waals surface area contributed by atoms with Gasteiger partial charge < -0.3 is 15.1 Å². The van der Waals surface area contributed by atoms with Gasteiger partial charge in [0.15, 0.2) is 0 Å². The largest absolute Gasteiger partial charge is 0.352 e. The van der Waals surface area contributed by atoms with Gasteiger partial charge in [0, 0.05) is 48.9 Å². The molecule has 0 spiro atoms. The Morgan fingerprint density at radius 1 is 1.00 bits per heavy atom. The van der Waals surface area contributed by atoms with Crippen molar-refractivity contribution in [1.82, 2.24) is 10.2 Å². The fraction of sp³-hybridized carbons (Fsp3) is 0.375. The Morgan fingerprint density at radius 3 is 2.42 bits per heavy atom. The first-order chi connectivity index (χ1) is 15.0. The summed E-state index contributed by atoms with van der Waals surface area (Å²) in [6.45, 7) is 2.27. The molecule has 31 heavy (non-hydrogen) atoms. The summed E-state index contributed by atoms with van der Waals surface area (Å²) >= 11 is 5.90. The first-order valence-electron chi connectivity index (χ1n) is 10.7. The van der Waals surface area contributed by atoms with Crippen molar-refractivity contribution in [1.29, 1.82) is 0 Å². The molecule has 0 bridgehead atoms. The molecule has 2 fully saturated rings. The lowest BCUT2D eigenvalue weighted by atomic mass is 9.96. The predicted octanol–water partition coefficient (Wildman–Crippen LogP) is 3.64. The van der Waals surface area contributed by atoms with Gasteiger partial charge in [0.2, 0.25) is 11.8 Å². The van der Waals surface area contributed by atoms with Gasteiger partial charge in [-0.1, -0.05) is 23.7 Å². The second-order valence-electron chi connectivity index (χ2n) is 8.13. The Balaban J connectivity index is 1.30. The van der Waals surface area contributed by atoms with E-state index < -0.39 is 0 Å². The number of nitrogens with one attached hydrogen (secondary N) is 1. The molecule has 2 saturated heterocycles. The van der Waals surface area contributed by atoms with E-state index in [0.717, 1.165) is 37.1 Å². The maximum atomic E-state index is 12.7. The topological polar surface area (TPSA) is 69.7 Å². The number of carbonyl (C=O) groups excluding carboxylic acids is 3. The third-order valence-corrected chi connectivity index (χ3v) is 6.21. The van der Waals surface area contributed by atoms with E-state index in [1.165, 1.54) is 0 Å². The molecule has 2 aliphatic heterocycles. The van der Waals surface area contributed by atoms with Crippen LogP contribution >= 0.6 is 11.6 Å². The molecule has 3 amide bonds. The molecule has 2 heterocycles. The van der Waals surface area contributed by atoms with E-state index in [9.17, 15) is 14.4 Å². The Bertz CT molecular complexity index is 959. The van der Waals surface area contributed by atoms with Crippen LogP contribution in [0, 0.1) is 5.92 Å². The first-order valence-corrected chi connectivity index (χ1v) is 11.1. The van der Waals surface area contributed by atoms with Crippen molar-refractivity contribution in [2.24, 2.45) is 5.92 Å². The number of nitrogens with zero attached hydrogens (tertiary/aromatic N) is 2. The minimum atomic E-state index is -0.216. The highest BCUT2D eigenvalue weighted by Crippen LogP contribution is 2.22. The second kappa shape index (κ2) is 9.52. The van der Waals surface area contributed by atoms with E-state index in [1.807, 2.05) is 24.3 Å². The number of likely N-dealkylation sites (tertiary alicyclic amines) is 1. The van der Waals surface area contributed by atoms with E-state index in [0.29, 0.717) is 36.6 Å². The highest BCUT2D eigenvalue weighted by atomic mass is 35.5. The van der Waals surface area contributed by atoms with Crippen LogP contribution in [0.15, 0.2) is 48.5 Å². The van der Waals surface area contributed by atoms with E-state index in [2.05, 4.69) is 5.32 Å². The number of anilines is 1. The van der Waals surface area contributed by atoms with Crippen molar-refractivity contribution < 1.29 is 14.4 Å². The third-order valence-electron chi connectivity index (χ3n) is 5.96. The molecular formula is C24H26ClN3O3. The zero-order valence-corrected chi connectivity index (χ0v) is 18.1. The number of benzene rings is 2. The zero-order valence-electron chi connectivity index (χ0n) is 17.4. The molecule has 1 unspecified atom stereocenters. The Labute approximate surface area is 187 Å². The first kappa shape index (κ1) is 21.4. The van der Waals surface area contributed by atoms with Crippen molar-refractivity contribution in [3.63, 3.8) is 0 Å². The van der Waals surface area contributed by atoms with Gasteiger partial charge in [-0.2, -0.15) is 0 Å². The van der Waals surface area contributed by atoms with Crippen LogP contribution in [-0.4, -0.2) is 42.3 Å². The molecule has 1 N–H and O–H groups in total. The summed E-state index contributed by atoms with van der Waals surface area (Å²) in [5.41, 5.74) is 2.47. The smallest absolute Gasteiger partial charge is 0.253 e. The van der Waals surface area contributed by atoms with Crippen LogP contribution in [0.2, 0.25) is 5.02 Å². The van der Waals surface area contributed by atoms with Crippen LogP contribution in [0.5, 0.6) is 0 Å². The van der Waals surface area contributed by atoms with Crippen molar-refractivity contribution in [3.05, 3.63) is 64.7 Å². The summed E-state index contributed by atoms with van der Waals surface area (Å²) in [7, 11) is 0. The average Bonchev–Trinajstić information content (AvgIpc) is 3.23. The van der Waals surface area contributed by atoms with Crippen LogP contribution in [0.3, 0.4) is 0 Å². The molecule has 2 aromatic rings. The predicted molar refractivity (Wildman–Crippen MR) is 120 cm³/mol. The number of hydrogen-bond acceptors (Lipinski definition) is 3. The van der Waals surface area contributed by atoms with Gasteiger partial charge in [0.1, 0.15) is 0 Å². The lowest BCUT2D eigenvalue weighted by Gasteiger charge is -2.32. The van der Waals surface area contributed by atoms with Crippen LogP contribution in [0.1, 0.15) is 41.6 Å². The quantitative estimate of drug-likeness (QED) is 0.773. The zero-order chi connectivity index (χ0) is 21.8. The Morgan fingerprint density at radius 2 is 1.74 bits per heavy atom. The lowest BCUT2D eigenvalue weighted by Crippen LogP contribution is -2.45. The Hall–Kier alpha value is -2.86. The SMILES string of the molecule is O=C(NCc1ccc(N2CCCC2=O)cc1)C1CCCN(C(=O)c2ccc(Cl)cc2)C1. The van der Waals surface area contributed by atoms with Gasteiger partial charge in [-0.3, -0.25) is 14.4 Å². The summed E-state index contributed by atoms with van der Waals surface area (Å²) < 4.78 is 0. The van der Waals surface area contributed by atoms with Gasteiger partial charge in [0.25, 0.3) is 5.91 Å². The van der Waals surface area contributed by atoms with Crippen molar-refractivity contribution in [2.45, 2.75) is 32.2 Å². The molecule has 0 aromatic heterocycles. The number of rotatable bonds is 5. The summed E-state index contributed by atoms with van der Waals surface area (Å²) in [4.78, 5) is 40.9. The van der Waals surface area contributed by atoms with Gasteiger partial charge in [-0.05, 0) is 61.2 Å². The molecule has 0 aliphatic carbocycles. The molecule has 6 nitrogen and oxygen atoms in total. The second-order valence-corrected chi connectivity index (χ2v) is 8.57. The van der Waals surface area contributed by atoms with Crippen LogP contribution in [0.4, 0.5) is 5.69 Å². The molecule has 162 valence electrons. The van der Waals surface area contributed by atoms with Gasteiger partial charge in [-0.25, -0.2) is 0 Å². The van der Waals surface area contributed by atoms with Gasteiger partial charge in [0.05, 0.1) is 5.92 Å². The standard InChI is InChI=1S/C24H26ClN3O3/c25-20-9-7-18(8-10-20)24(31)27-13-1-3-19(16-27)23(30)26-15-17-5-11-21(12-6-17)28-14-2-4-22(28)29/h5-12,19H,1-4,13-16H2,(H,26,30).